The molecule has 2 atom stereocenters. The van der Waals surface area contributed by atoms with Crippen LogP contribution in [0.3, 0.4) is 0 Å². The molecule has 2 heterocycles. The van der Waals surface area contributed by atoms with Gasteiger partial charge in [-0.25, -0.2) is 0 Å². The van der Waals surface area contributed by atoms with Crippen molar-refractivity contribution in [1.82, 2.24) is 0 Å². The lowest BCUT2D eigenvalue weighted by molar-refractivity contribution is -0.124. The summed E-state index contributed by atoms with van der Waals surface area (Å²) < 4.78 is 0. The van der Waals surface area contributed by atoms with Gasteiger partial charge in [-0.1, -0.05) is 36.4 Å². The van der Waals surface area contributed by atoms with Crippen LogP contribution in [0.2, 0.25) is 0 Å². The molecule has 1 saturated heterocycles. The van der Waals surface area contributed by atoms with Gasteiger partial charge in [0.1, 0.15) is 0 Å². The fourth-order valence-corrected chi connectivity index (χ4v) is 3.83. The molecule has 122 valence electrons. The van der Waals surface area contributed by atoms with Crippen molar-refractivity contribution in [2.45, 2.75) is 25.8 Å². The highest BCUT2D eigenvalue weighted by atomic mass is 16.2. The van der Waals surface area contributed by atoms with Crippen LogP contribution in [0.5, 0.6) is 0 Å². The highest BCUT2D eigenvalue weighted by Crippen LogP contribution is 2.35. The zero-order valence-corrected chi connectivity index (χ0v) is 13.7. The van der Waals surface area contributed by atoms with E-state index in [0.29, 0.717) is 13.0 Å². The number of hydrogen-bond donors (Lipinski definition) is 0. The lowest BCUT2D eigenvalue weighted by Gasteiger charge is -2.26. The second kappa shape index (κ2) is 5.78. The number of carbonyl (C=O) groups is 2. The van der Waals surface area contributed by atoms with Gasteiger partial charge in [-0.05, 0) is 37.1 Å². The Morgan fingerprint density at radius 1 is 1.00 bits per heavy atom. The number of hydrogen-bond acceptors (Lipinski definition) is 2. The van der Waals surface area contributed by atoms with E-state index in [1.165, 1.54) is 5.56 Å². The number of fused-ring (bicyclic) bond motifs is 1. The van der Waals surface area contributed by atoms with Crippen molar-refractivity contribution in [3.05, 3.63) is 60.2 Å². The van der Waals surface area contributed by atoms with Crippen LogP contribution in [-0.2, 0) is 16.0 Å². The summed E-state index contributed by atoms with van der Waals surface area (Å²) in [6, 6.07) is 17.8. The first-order valence-corrected chi connectivity index (χ1v) is 8.41. The molecule has 24 heavy (non-hydrogen) atoms. The van der Waals surface area contributed by atoms with Crippen LogP contribution in [0.1, 0.15) is 18.9 Å². The second-order valence-corrected chi connectivity index (χ2v) is 6.63. The van der Waals surface area contributed by atoms with Crippen molar-refractivity contribution >= 4 is 23.2 Å². The highest BCUT2D eigenvalue weighted by Gasteiger charge is 2.40. The number of para-hydroxylation sites is 2. The molecule has 0 aromatic heterocycles. The largest absolute Gasteiger partial charge is 0.312 e. The minimum atomic E-state index is -0.272. The molecular formula is C20H20N2O2. The Morgan fingerprint density at radius 3 is 2.50 bits per heavy atom. The predicted molar refractivity (Wildman–Crippen MR) is 94.0 cm³/mol. The van der Waals surface area contributed by atoms with Crippen molar-refractivity contribution in [2.75, 3.05) is 16.3 Å². The summed E-state index contributed by atoms with van der Waals surface area (Å²) >= 11 is 0. The Labute approximate surface area is 141 Å². The van der Waals surface area contributed by atoms with E-state index in [0.717, 1.165) is 17.8 Å². The van der Waals surface area contributed by atoms with Gasteiger partial charge in [-0.15, -0.1) is 0 Å². The van der Waals surface area contributed by atoms with Gasteiger partial charge in [0, 0.05) is 30.4 Å². The first-order valence-electron chi connectivity index (χ1n) is 8.41. The summed E-state index contributed by atoms with van der Waals surface area (Å²) in [5.41, 5.74) is 3.08. The van der Waals surface area contributed by atoms with Gasteiger partial charge >= 0.3 is 0 Å². The van der Waals surface area contributed by atoms with Crippen molar-refractivity contribution in [1.29, 1.82) is 0 Å². The third-order valence-corrected chi connectivity index (χ3v) is 4.99. The smallest absolute Gasteiger partial charge is 0.232 e. The van der Waals surface area contributed by atoms with Gasteiger partial charge in [0.2, 0.25) is 11.8 Å². The van der Waals surface area contributed by atoms with Gasteiger partial charge in [0.05, 0.1) is 5.92 Å². The average molecular weight is 320 g/mol. The summed E-state index contributed by atoms with van der Waals surface area (Å²) in [7, 11) is 0. The Hall–Kier alpha value is -2.62. The number of nitrogens with zero attached hydrogens (tertiary/aromatic N) is 2. The minimum absolute atomic E-state index is 0.0275. The van der Waals surface area contributed by atoms with Crippen LogP contribution < -0.4 is 9.80 Å². The van der Waals surface area contributed by atoms with Gasteiger partial charge in [-0.2, -0.15) is 0 Å². The SMILES string of the molecule is C[C@@H]1Cc2ccccc2N1C(=O)[C@@H]1CC(=O)N(c2ccccc2)C1. The van der Waals surface area contributed by atoms with E-state index in [9.17, 15) is 9.59 Å². The number of anilines is 2. The average Bonchev–Trinajstić information content (AvgIpc) is 3.14. The molecule has 0 radical (unpaired) electrons. The van der Waals surface area contributed by atoms with Gasteiger partial charge < -0.3 is 9.80 Å². The molecule has 0 aliphatic carbocycles. The molecule has 2 amide bonds. The lowest BCUT2D eigenvalue weighted by Crippen LogP contribution is -2.41. The topological polar surface area (TPSA) is 40.6 Å². The summed E-state index contributed by atoms with van der Waals surface area (Å²) in [6.45, 7) is 2.54. The van der Waals surface area contributed by atoms with Gasteiger partial charge in [-0.3, -0.25) is 9.59 Å². The summed E-state index contributed by atoms with van der Waals surface area (Å²) in [6.07, 6.45) is 1.17. The normalized spacial score (nSPS) is 22.8. The molecule has 0 saturated carbocycles. The fourth-order valence-electron chi connectivity index (χ4n) is 3.83. The number of rotatable bonds is 2. The van der Waals surface area contributed by atoms with E-state index in [2.05, 4.69) is 13.0 Å². The van der Waals surface area contributed by atoms with Crippen LogP contribution in [0, 0.1) is 5.92 Å². The molecule has 2 aromatic rings. The maximum absolute atomic E-state index is 13.1. The van der Waals surface area contributed by atoms with E-state index < -0.39 is 0 Å². The molecule has 4 heteroatoms. The van der Waals surface area contributed by atoms with Crippen molar-refractivity contribution in [3.63, 3.8) is 0 Å². The third kappa shape index (κ3) is 2.39. The van der Waals surface area contributed by atoms with E-state index >= 15 is 0 Å². The van der Waals surface area contributed by atoms with Crippen molar-refractivity contribution in [3.8, 4) is 0 Å². The van der Waals surface area contributed by atoms with Gasteiger partial charge in [0.15, 0.2) is 0 Å². The maximum Gasteiger partial charge on any atom is 0.232 e. The molecule has 2 aliphatic heterocycles. The Kier molecular flexibility index (Phi) is 3.60. The zero-order valence-electron chi connectivity index (χ0n) is 13.7. The Bertz CT molecular complexity index is 787. The minimum Gasteiger partial charge on any atom is -0.312 e. The molecule has 2 aliphatic rings. The summed E-state index contributed by atoms with van der Waals surface area (Å²) in [5, 5.41) is 0. The molecule has 0 unspecified atom stereocenters. The van der Waals surface area contributed by atoms with Crippen LogP contribution >= 0.6 is 0 Å². The Balaban J connectivity index is 1.57. The quantitative estimate of drug-likeness (QED) is 0.853. The summed E-state index contributed by atoms with van der Waals surface area (Å²) in [4.78, 5) is 29.1. The van der Waals surface area contributed by atoms with E-state index in [1.54, 1.807) is 4.90 Å². The first-order chi connectivity index (χ1) is 11.6. The summed E-state index contributed by atoms with van der Waals surface area (Å²) in [5.74, 6) is -0.176. The maximum atomic E-state index is 13.1. The van der Waals surface area contributed by atoms with Crippen LogP contribution in [0.25, 0.3) is 0 Å². The molecule has 1 fully saturated rings. The molecule has 0 spiro atoms. The van der Waals surface area contributed by atoms with E-state index in [-0.39, 0.29) is 23.8 Å². The van der Waals surface area contributed by atoms with Crippen molar-refractivity contribution in [2.24, 2.45) is 5.92 Å². The van der Waals surface area contributed by atoms with Crippen molar-refractivity contribution < 1.29 is 9.59 Å². The second-order valence-electron chi connectivity index (χ2n) is 6.63. The van der Waals surface area contributed by atoms with E-state index in [1.807, 2.05) is 53.4 Å². The monoisotopic (exact) mass is 320 g/mol. The number of benzene rings is 2. The first kappa shape index (κ1) is 14.9. The lowest BCUT2D eigenvalue weighted by atomic mass is 10.1. The standard InChI is InChI=1S/C20H20N2O2/c1-14-11-15-7-5-6-10-18(15)22(14)20(24)16-12-19(23)21(13-16)17-8-3-2-4-9-17/h2-10,14,16H,11-13H2,1H3/t14-,16-/m1/s1. The van der Waals surface area contributed by atoms with Crippen LogP contribution in [0.15, 0.2) is 54.6 Å². The van der Waals surface area contributed by atoms with E-state index in [4.69, 9.17) is 0 Å². The molecule has 4 nitrogen and oxygen atoms in total. The fraction of sp³-hybridized carbons (Fsp3) is 0.300. The van der Waals surface area contributed by atoms with Crippen LogP contribution in [-0.4, -0.2) is 24.4 Å². The predicted octanol–water partition coefficient (Wildman–Crippen LogP) is 3.02. The third-order valence-electron chi connectivity index (χ3n) is 4.99. The zero-order chi connectivity index (χ0) is 16.7. The molecule has 4 rings (SSSR count). The molecule has 0 N–H and O–H groups in total. The highest BCUT2D eigenvalue weighted by molar-refractivity contribution is 6.05. The molecular weight excluding hydrogens is 300 g/mol. The number of amides is 2. The Morgan fingerprint density at radius 2 is 1.71 bits per heavy atom. The number of carbonyl (C=O) groups excluding carboxylic acids is 2. The molecule has 2 aromatic carbocycles. The van der Waals surface area contributed by atoms with Gasteiger partial charge in [0.25, 0.3) is 0 Å². The molecule has 0 bridgehead atoms. The van der Waals surface area contributed by atoms with Crippen LogP contribution in [0.4, 0.5) is 11.4 Å².